The van der Waals surface area contributed by atoms with E-state index < -0.39 is 5.97 Å². The molecule has 3 heteroatoms. The van der Waals surface area contributed by atoms with Crippen molar-refractivity contribution in [2.75, 3.05) is 14.1 Å². The molecule has 0 heterocycles. The van der Waals surface area contributed by atoms with Gasteiger partial charge in [-0.05, 0) is 44.1 Å². The van der Waals surface area contributed by atoms with Crippen molar-refractivity contribution < 1.29 is 9.90 Å². The highest BCUT2D eigenvalue weighted by molar-refractivity contribution is 5.90. The minimum atomic E-state index is -0.814. The maximum Gasteiger partial charge on any atom is 0.335 e. The van der Waals surface area contributed by atoms with E-state index in [1.807, 2.05) is 26.2 Å². The molecule has 0 saturated heterocycles. The van der Waals surface area contributed by atoms with Crippen molar-refractivity contribution in [3.63, 3.8) is 0 Å². The summed E-state index contributed by atoms with van der Waals surface area (Å²) in [6, 6.07) is 5.95. The van der Waals surface area contributed by atoms with Crippen LogP contribution in [0.5, 0.6) is 0 Å². The van der Waals surface area contributed by atoms with Gasteiger partial charge in [0.05, 0.1) is 5.56 Å². The first kappa shape index (κ1) is 10.2. The Balaban J connectivity index is 2.48. The number of carbonyl (C=O) groups is 1. The van der Waals surface area contributed by atoms with Gasteiger partial charge in [-0.1, -0.05) is 12.1 Å². The molecular formula is C12H15NO2. The van der Waals surface area contributed by atoms with Crippen molar-refractivity contribution in [2.24, 2.45) is 0 Å². The van der Waals surface area contributed by atoms with Crippen LogP contribution in [0.2, 0.25) is 0 Å². The average molecular weight is 205 g/mol. The van der Waals surface area contributed by atoms with Gasteiger partial charge < -0.3 is 10.0 Å². The van der Waals surface area contributed by atoms with E-state index in [1.165, 1.54) is 5.56 Å². The van der Waals surface area contributed by atoms with Gasteiger partial charge in [0.15, 0.2) is 0 Å². The Kier molecular flexibility index (Phi) is 2.49. The van der Waals surface area contributed by atoms with Crippen LogP contribution in [0.4, 0.5) is 0 Å². The Bertz CT molecular complexity index is 399. The fourth-order valence-corrected chi connectivity index (χ4v) is 2.37. The van der Waals surface area contributed by atoms with Gasteiger partial charge in [0.25, 0.3) is 0 Å². The Hall–Kier alpha value is -1.35. The molecule has 1 N–H and O–H groups in total. The molecule has 1 aliphatic carbocycles. The molecule has 2 rings (SSSR count). The quantitative estimate of drug-likeness (QED) is 0.802. The molecule has 1 aliphatic rings. The molecule has 0 amide bonds. The van der Waals surface area contributed by atoms with Crippen LogP contribution in [-0.4, -0.2) is 30.1 Å². The van der Waals surface area contributed by atoms with Gasteiger partial charge in [-0.2, -0.15) is 0 Å². The third kappa shape index (κ3) is 1.63. The zero-order valence-corrected chi connectivity index (χ0v) is 9.03. The standard InChI is InChI=1S/C12H15NO2/c1-13(2)11-7-6-8-9(11)4-3-5-10(8)12(14)15/h3-5,11H,6-7H2,1-2H3,(H,14,15). The van der Waals surface area contributed by atoms with Crippen molar-refractivity contribution in [1.82, 2.24) is 4.90 Å². The summed E-state index contributed by atoms with van der Waals surface area (Å²) in [4.78, 5) is 13.2. The molecule has 1 unspecified atom stereocenters. The molecule has 15 heavy (non-hydrogen) atoms. The molecule has 1 aromatic rings. The lowest BCUT2D eigenvalue weighted by Gasteiger charge is -2.20. The van der Waals surface area contributed by atoms with E-state index in [1.54, 1.807) is 6.07 Å². The molecule has 0 saturated carbocycles. The van der Waals surface area contributed by atoms with Gasteiger partial charge in [0.1, 0.15) is 0 Å². The second kappa shape index (κ2) is 3.66. The minimum Gasteiger partial charge on any atom is -0.478 e. The van der Waals surface area contributed by atoms with Crippen molar-refractivity contribution in [3.05, 3.63) is 34.9 Å². The Morgan fingerprint density at radius 2 is 2.20 bits per heavy atom. The van der Waals surface area contributed by atoms with Crippen LogP contribution in [-0.2, 0) is 6.42 Å². The van der Waals surface area contributed by atoms with Crippen molar-refractivity contribution in [1.29, 1.82) is 0 Å². The van der Waals surface area contributed by atoms with Crippen molar-refractivity contribution in [2.45, 2.75) is 18.9 Å². The predicted octanol–water partition coefficient (Wildman–Crippen LogP) is 1.93. The summed E-state index contributed by atoms with van der Waals surface area (Å²) in [7, 11) is 4.07. The molecule has 0 bridgehead atoms. The molecule has 80 valence electrons. The lowest BCUT2D eigenvalue weighted by molar-refractivity contribution is 0.0696. The van der Waals surface area contributed by atoms with Gasteiger partial charge in [-0.3, -0.25) is 0 Å². The molecule has 0 aromatic heterocycles. The van der Waals surface area contributed by atoms with Gasteiger partial charge in [-0.25, -0.2) is 4.79 Å². The van der Waals surface area contributed by atoms with Crippen LogP contribution in [0.15, 0.2) is 18.2 Å². The van der Waals surface area contributed by atoms with Crippen LogP contribution < -0.4 is 0 Å². The average Bonchev–Trinajstić information content (AvgIpc) is 2.59. The maximum absolute atomic E-state index is 11.0. The SMILES string of the molecule is CN(C)C1CCc2c(C(=O)O)cccc21. The fourth-order valence-electron chi connectivity index (χ4n) is 2.37. The van der Waals surface area contributed by atoms with Crippen LogP contribution in [0.1, 0.15) is 33.9 Å². The van der Waals surface area contributed by atoms with Crippen LogP contribution in [0, 0.1) is 0 Å². The largest absolute Gasteiger partial charge is 0.478 e. The summed E-state index contributed by atoms with van der Waals surface area (Å²) >= 11 is 0. The minimum absolute atomic E-state index is 0.374. The number of hydrogen-bond donors (Lipinski definition) is 1. The molecule has 1 aromatic carbocycles. The first-order valence-electron chi connectivity index (χ1n) is 5.12. The van der Waals surface area contributed by atoms with Crippen molar-refractivity contribution >= 4 is 5.97 Å². The lowest BCUT2D eigenvalue weighted by atomic mass is 10.0. The fraction of sp³-hybridized carbons (Fsp3) is 0.417. The number of fused-ring (bicyclic) bond motifs is 1. The number of aromatic carboxylic acids is 1. The van der Waals surface area contributed by atoms with E-state index >= 15 is 0 Å². The summed E-state index contributed by atoms with van der Waals surface area (Å²) in [5.41, 5.74) is 2.67. The van der Waals surface area contributed by atoms with Gasteiger partial charge in [0.2, 0.25) is 0 Å². The number of benzene rings is 1. The highest BCUT2D eigenvalue weighted by atomic mass is 16.4. The zero-order valence-electron chi connectivity index (χ0n) is 9.03. The Morgan fingerprint density at radius 3 is 2.80 bits per heavy atom. The molecule has 1 atom stereocenters. The Morgan fingerprint density at radius 1 is 1.47 bits per heavy atom. The van der Waals surface area contributed by atoms with E-state index in [4.69, 9.17) is 5.11 Å². The molecular weight excluding hydrogens is 190 g/mol. The van der Waals surface area contributed by atoms with Gasteiger partial charge in [0, 0.05) is 6.04 Å². The van der Waals surface area contributed by atoms with Crippen LogP contribution >= 0.6 is 0 Å². The molecule has 0 radical (unpaired) electrons. The normalized spacial score (nSPS) is 19.3. The van der Waals surface area contributed by atoms with E-state index in [-0.39, 0.29) is 0 Å². The first-order chi connectivity index (χ1) is 7.11. The van der Waals surface area contributed by atoms with E-state index in [0.717, 1.165) is 18.4 Å². The third-order valence-electron chi connectivity index (χ3n) is 3.09. The summed E-state index contributed by atoms with van der Waals surface area (Å²) in [5.74, 6) is -0.814. The zero-order chi connectivity index (χ0) is 11.0. The van der Waals surface area contributed by atoms with Crippen LogP contribution in [0.25, 0.3) is 0 Å². The summed E-state index contributed by atoms with van der Waals surface area (Å²) in [6.07, 6.45) is 1.90. The third-order valence-corrected chi connectivity index (χ3v) is 3.09. The molecule has 3 nitrogen and oxygen atoms in total. The number of carboxylic acid groups (broad SMARTS) is 1. The summed E-state index contributed by atoms with van der Waals surface area (Å²) < 4.78 is 0. The van der Waals surface area contributed by atoms with E-state index in [0.29, 0.717) is 11.6 Å². The van der Waals surface area contributed by atoms with Crippen LogP contribution in [0.3, 0.4) is 0 Å². The highest BCUT2D eigenvalue weighted by Gasteiger charge is 2.27. The second-order valence-electron chi connectivity index (χ2n) is 4.20. The number of nitrogens with zero attached hydrogens (tertiary/aromatic N) is 1. The van der Waals surface area contributed by atoms with E-state index in [2.05, 4.69) is 4.90 Å². The number of hydrogen-bond acceptors (Lipinski definition) is 2. The predicted molar refractivity (Wildman–Crippen MR) is 58.2 cm³/mol. The smallest absolute Gasteiger partial charge is 0.335 e. The number of rotatable bonds is 2. The van der Waals surface area contributed by atoms with Gasteiger partial charge >= 0.3 is 5.97 Å². The monoisotopic (exact) mass is 205 g/mol. The lowest BCUT2D eigenvalue weighted by Crippen LogP contribution is -2.17. The van der Waals surface area contributed by atoms with Gasteiger partial charge in [-0.15, -0.1) is 0 Å². The first-order valence-corrected chi connectivity index (χ1v) is 5.12. The number of carboxylic acids is 1. The second-order valence-corrected chi connectivity index (χ2v) is 4.20. The molecule has 0 fully saturated rings. The maximum atomic E-state index is 11.0. The highest BCUT2D eigenvalue weighted by Crippen LogP contribution is 2.35. The summed E-state index contributed by atoms with van der Waals surface area (Å²) in [5, 5.41) is 9.06. The summed E-state index contributed by atoms with van der Waals surface area (Å²) in [6.45, 7) is 0. The Labute approximate surface area is 89.3 Å². The van der Waals surface area contributed by atoms with Crippen molar-refractivity contribution in [3.8, 4) is 0 Å². The molecule has 0 aliphatic heterocycles. The topological polar surface area (TPSA) is 40.5 Å². The molecule has 0 spiro atoms. The van der Waals surface area contributed by atoms with E-state index in [9.17, 15) is 4.79 Å².